The Kier molecular flexibility index (Phi) is 5.42. The molecule has 2 fully saturated rings. The van der Waals surface area contributed by atoms with Gasteiger partial charge in [-0.3, -0.25) is 4.79 Å². The molecule has 0 aromatic carbocycles. The Morgan fingerprint density at radius 1 is 1.21 bits per heavy atom. The molecule has 0 radical (unpaired) electrons. The number of carboxylic acid groups (broad SMARTS) is 1. The molecule has 0 aromatic heterocycles. The molecular formula is C20H36O4. The molecule has 2 rings (SSSR count). The average Bonchev–Trinajstić information content (AvgIpc) is 2.33. The second kappa shape index (κ2) is 6.60. The highest BCUT2D eigenvalue weighted by molar-refractivity contribution is 5.66. The lowest BCUT2D eigenvalue weighted by atomic mass is 9.44. The van der Waals surface area contributed by atoms with Crippen molar-refractivity contribution >= 4 is 5.97 Å². The van der Waals surface area contributed by atoms with Crippen molar-refractivity contribution in [1.82, 2.24) is 0 Å². The van der Waals surface area contributed by atoms with Gasteiger partial charge >= 0.3 is 5.97 Å². The summed E-state index contributed by atoms with van der Waals surface area (Å²) >= 11 is 0. The van der Waals surface area contributed by atoms with Crippen LogP contribution in [0.5, 0.6) is 0 Å². The van der Waals surface area contributed by atoms with Crippen molar-refractivity contribution in [2.45, 2.75) is 91.3 Å². The van der Waals surface area contributed by atoms with E-state index in [-0.39, 0.29) is 35.0 Å². The van der Waals surface area contributed by atoms with Gasteiger partial charge in [-0.15, -0.1) is 0 Å². The molecule has 4 heteroatoms. The van der Waals surface area contributed by atoms with Gasteiger partial charge in [0.15, 0.2) is 0 Å². The van der Waals surface area contributed by atoms with E-state index in [0.29, 0.717) is 6.42 Å². The Bertz CT molecular complexity index is 470. The normalized spacial score (nSPS) is 43.0. The minimum absolute atomic E-state index is 0.0772. The molecule has 0 aliphatic heterocycles. The van der Waals surface area contributed by atoms with E-state index in [2.05, 4.69) is 20.8 Å². The molecule has 6 atom stereocenters. The zero-order valence-corrected chi connectivity index (χ0v) is 16.0. The van der Waals surface area contributed by atoms with Crippen molar-refractivity contribution in [3.05, 3.63) is 0 Å². The van der Waals surface area contributed by atoms with Crippen molar-refractivity contribution < 1.29 is 20.1 Å². The summed E-state index contributed by atoms with van der Waals surface area (Å²) < 4.78 is 0. The molecule has 2 aliphatic rings. The third-order valence-electron chi connectivity index (χ3n) is 7.11. The van der Waals surface area contributed by atoms with Crippen LogP contribution in [0.3, 0.4) is 0 Å². The molecule has 0 aromatic rings. The van der Waals surface area contributed by atoms with Crippen LogP contribution in [-0.2, 0) is 4.79 Å². The minimum Gasteiger partial charge on any atom is -0.481 e. The van der Waals surface area contributed by atoms with Crippen molar-refractivity contribution in [2.75, 3.05) is 0 Å². The van der Waals surface area contributed by atoms with Crippen LogP contribution in [0.1, 0.15) is 79.6 Å². The highest BCUT2D eigenvalue weighted by Gasteiger charge is 2.60. The lowest BCUT2D eigenvalue weighted by Gasteiger charge is -2.63. The van der Waals surface area contributed by atoms with Crippen LogP contribution in [0.15, 0.2) is 0 Å². The van der Waals surface area contributed by atoms with Gasteiger partial charge in [0.25, 0.3) is 0 Å². The number of carbonyl (C=O) groups is 1. The van der Waals surface area contributed by atoms with Crippen molar-refractivity contribution in [3.8, 4) is 0 Å². The minimum atomic E-state index is -0.888. The third-order valence-corrected chi connectivity index (χ3v) is 7.11. The zero-order valence-electron chi connectivity index (χ0n) is 16.0. The molecule has 4 nitrogen and oxygen atoms in total. The molecule has 2 aliphatic carbocycles. The Morgan fingerprint density at radius 2 is 1.83 bits per heavy atom. The molecule has 0 spiro atoms. The summed E-state index contributed by atoms with van der Waals surface area (Å²) in [6.45, 7) is 10.6. The quantitative estimate of drug-likeness (QED) is 0.710. The lowest BCUT2D eigenvalue weighted by molar-refractivity contribution is -0.215. The van der Waals surface area contributed by atoms with Gasteiger partial charge in [-0.2, -0.15) is 0 Å². The number of hydrogen-bond acceptors (Lipinski definition) is 3. The van der Waals surface area contributed by atoms with Gasteiger partial charge in [-0.1, -0.05) is 34.1 Å². The number of carboxylic acids is 1. The summed E-state index contributed by atoms with van der Waals surface area (Å²) in [6, 6.07) is 0. The van der Waals surface area contributed by atoms with Crippen LogP contribution in [0.2, 0.25) is 0 Å². The van der Waals surface area contributed by atoms with Crippen LogP contribution >= 0.6 is 0 Å². The number of hydrogen-bond donors (Lipinski definition) is 3. The lowest BCUT2D eigenvalue weighted by Crippen LogP contribution is -2.62. The monoisotopic (exact) mass is 340 g/mol. The van der Waals surface area contributed by atoms with E-state index in [0.717, 1.165) is 32.1 Å². The third kappa shape index (κ3) is 3.65. The zero-order chi connectivity index (χ0) is 18.3. The molecule has 24 heavy (non-hydrogen) atoms. The van der Waals surface area contributed by atoms with Crippen LogP contribution in [0.4, 0.5) is 0 Å². The largest absolute Gasteiger partial charge is 0.481 e. The average molecular weight is 341 g/mol. The summed E-state index contributed by atoms with van der Waals surface area (Å²) in [5.41, 5.74) is -0.902. The van der Waals surface area contributed by atoms with E-state index >= 15 is 0 Å². The fourth-order valence-electron chi connectivity index (χ4n) is 6.37. The first kappa shape index (κ1) is 19.7. The van der Waals surface area contributed by atoms with E-state index in [9.17, 15) is 15.0 Å². The van der Waals surface area contributed by atoms with Crippen LogP contribution in [0.25, 0.3) is 0 Å². The fourth-order valence-corrected chi connectivity index (χ4v) is 6.37. The Morgan fingerprint density at radius 3 is 2.42 bits per heavy atom. The van der Waals surface area contributed by atoms with Gasteiger partial charge in [-0.25, -0.2) is 0 Å². The molecule has 3 N–H and O–H groups in total. The highest BCUT2D eigenvalue weighted by Crippen LogP contribution is 2.63. The number of aliphatic carboxylic acids is 1. The van der Waals surface area contributed by atoms with Crippen molar-refractivity contribution in [3.63, 3.8) is 0 Å². The van der Waals surface area contributed by atoms with E-state index in [1.165, 1.54) is 0 Å². The standard InChI is InChI=1S/C20H36O4/c1-13(11-16(22)23)7-8-15-19(4)10-6-9-18(2,3)17(19)14(21)12-20(15,5)24/h13-15,17,21,24H,6-12H2,1-5H3,(H,22,23)/t13-,14-,15+,17-,19+,20+/m1/s1. The first-order valence-corrected chi connectivity index (χ1v) is 9.52. The number of aliphatic hydroxyl groups is 2. The Hall–Kier alpha value is -0.610. The smallest absolute Gasteiger partial charge is 0.303 e. The van der Waals surface area contributed by atoms with E-state index in [1.807, 2.05) is 13.8 Å². The van der Waals surface area contributed by atoms with Gasteiger partial charge in [0.05, 0.1) is 11.7 Å². The molecule has 0 unspecified atom stereocenters. The SMILES string of the molecule is C[C@H](CC[C@H]1[C@]2(C)CCCC(C)(C)[C@H]2[C@H](O)C[C@]1(C)O)CC(=O)O. The second-order valence-electron chi connectivity index (χ2n) is 9.79. The first-order valence-electron chi connectivity index (χ1n) is 9.52. The molecular weight excluding hydrogens is 304 g/mol. The highest BCUT2D eigenvalue weighted by atomic mass is 16.4. The number of aliphatic hydroxyl groups excluding tert-OH is 1. The summed E-state index contributed by atoms with van der Waals surface area (Å²) in [5.74, 6) is -0.340. The maximum Gasteiger partial charge on any atom is 0.303 e. The molecule has 0 heterocycles. The number of rotatable bonds is 5. The topological polar surface area (TPSA) is 77.8 Å². The van der Waals surface area contributed by atoms with E-state index in [4.69, 9.17) is 5.11 Å². The van der Waals surface area contributed by atoms with Gasteiger partial charge in [0, 0.05) is 12.8 Å². The maximum absolute atomic E-state index is 11.1. The summed E-state index contributed by atoms with van der Waals surface area (Å²) in [6.07, 6.45) is 5.07. The second-order valence-corrected chi connectivity index (χ2v) is 9.79. The van der Waals surface area contributed by atoms with Crippen molar-refractivity contribution in [2.24, 2.45) is 28.6 Å². The van der Waals surface area contributed by atoms with Crippen molar-refractivity contribution in [1.29, 1.82) is 0 Å². The summed E-state index contributed by atoms with van der Waals surface area (Å²) in [4.78, 5) is 10.9. The molecule has 0 saturated heterocycles. The Labute approximate surface area is 146 Å². The fraction of sp³-hybridized carbons (Fsp3) is 0.950. The molecule has 0 amide bonds. The van der Waals surface area contributed by atoms with Crippen LogP contribution in [-0.4, -0.2) is 33.0 Å². The molecule has 140 valence electrons. The maximum atomic E-state index is 11.1. The van der Waals surface area contributed by atoms with Crippen LogP contribution < -0.4 is 0 Å². The van der Waals surface area contributed by atoms with E-state index in [1.54, 1.807) is 0 Å². The predicted octanol–water partition coefficient (Wildman–Crippen LogP) is 3.84. The molecule has 0 bridgehead atoms. The predicted molar refractivity (Wildman–Crippen MR) is 94.6 cm³/mol. The Balaban J connectivity index is 2.24. The number of fused-ring (bicyclic) bond motifs is 1. The summed E-state index contributed by atoms with van der Waals surface area (Å²) in [5, 5.41) is 30.9. The van der Waals surface area contributed by atoms with Crippen LogP contribution in [0, 0.1) is 28.6 Å². The van der Waals surface area contributed by atoms with Gasteiger partial charge in [-0.05, 0) is 61.2 Å². The van der Waals surface area contributed by atoms with Gasteiger partial charge in [0.1, 0.15) is 0 Å². The van der Waals surface area contributed by atoms with Gasteiger partial charge in [0.2, 0.25) is 0 Å². The van der Waals surface area contributed by atoms with Gasteiger partial charge < -0.3 is 15.3 Å². The van der Waals surface area contributed by atoms with E-state index < -0.39 is 17.7 Å². The first-order chi connectivity index (χ1) is 10.9. The molecule has 2 saturated carbocycles. The summed E-state index contributed by atoms with van der Waals surface area (Å²) in [7, 11) is 0.